The van der Waals surface area contributed by atoms with E-state index in [2.05, 4.69) is 5.10 Å². The predicted molar refractivity (Wildman–Crippen MR) is 109 cm³/mol. The first-order chi connectivity index (χ1) is 14.2. The number of nitrogens with zero attached hydrogens (tertiary/aromatic N) is 2. The van der Waals surface area contributed by atoms with Crippen LogP contribution in [-0.4, -0.2) is 38.0 Å². The van der Waals surface area contributed by atoms with Gasteiger partial charge in [-0.1, -0.05) is 0 Å². The monoisotopic (exact) mass is 412 g/mol. The van der Waals surface area contributed by atoms with Crippen LogP contribution >= 0.6 is 11.3 Å². The molecule has 1 aromatic carbocycles. The van der Waals surface area contributed by atoms with Crippen molar-refractivity contribution in [1.82, 2.24) is 5.01 Å². The first kappa shape index (κ1) is 19.1. The Balaban J connectivity index is 1.80. The van der Waals surface area contributed by atoms with E-state index in [-0.39, 0.29) is 17.7 Å². The quantitative estimate of drug-likeness (QED) is 0.602. The van der Waals surface area contributed by atoms with Crippen molar-refractivity contribution in [2.75, 3.05) is 21.3 Å². The van der Waals surface area contributed by atoms with Gasteiger partial charge in [0.2, 0.25) is 5.75 Å². The molecule has 0 bridgehead atoms. The maximum atomic E-state index is 13.1. The van der Waals surface area contributed by atoms with Crippen molar-refractivity contribution in [3.05, 3.63) is 64.2 Å². The van der Waals surface area contributed by atoms with E-state index in [9.17, 15) is 4.79 Å². The summed E-state index contributed by atoms with van der Waals surface area (Å²) in [5.41, 5.74) is 2.60. The van der Waals surface area contributed by atoms with Crippen LogP contribution in [0, 0.1) is 0 Å². The van der Waals surface area contributed by atoms with Crippen molar-refractivity contribution in [2.45, 2.75) is 12.5 Å². The Kier molecular flexibility index (Phi) is 5.26. The number of carbonyl (C=O) groups excluding carboxylic acids is 1. The van der Waals surface area contributed by atoms with Crippen molar-refractivity contribution in [3.8, 4) is 17.2 Å². The Bertz CT molecular complexity index is 1030. The van der Waals surface area contributed by atoms with E-state index in [1.807, 2.05) is 22.9 Å². The number of ether oxygens (including phenoxy) is 3. The first-order valence-electron chi connectivity index (χ1n) is 8.94. The van der Waals surface area contributed by atoms with Crippen LogP contribution in [0.5, 0.6) is 17.2 Å². The van der Waals surface area contributed by atoms with Crippen molar-refractivity contribution in [1.29, 1.82) is 0 Å². The molecule has 150 valence electrons. The second kappa shape index (κ2) is 8.00. The lowest BCUT2D eigenvalue weighted by Gasteiger charge is -2.24. The molecule has 1 aliphatic heterocycles. The molecule has 0 saturated carbocycles. The fourth-order valence-electron chi connectivity index (χ4n) is 3.44. The number of amides is 1. The molecule has 0 fully saturated rings. The number of carbonyl (C=O) groups is 1. The van der Waals surface area contributed by atoms with E-state index in [0.29, 0.717) is 23.7 Å². The van der Waals surface area contributed by atoms with E-state index in [1.54, 1.807) is 50.9 Å². The van der Waals surface area contributed by atoms with E-state index in [0.717, 1.165) is 16.8 Å². The Hall–Kier alpha value is -3.26. The average molecular weight is 412 g/mol. The number of rotatable bonds is 6. The second-order valence-corrected chi connectivity index (χ2v) is 7.11. The fourth-order valence-corrected chi connectivity index (χ4v) is 4.11. The molecular formula is C21H20N2O5S. The standard InChI is InChI=1S/C21H20N2O5S/c1-25-17-7-6-14(19(26-2)20(17)27-3)16-11-15(13-8-10-29-12-13)22-23(16)21(24)18-5-4-9-28-18/h4-10,12,16H,11H2,1-3H3. The lowest BCUT2D eigenvalue weighted by atomic mass is 9.98. The molecule has 1 atom stereocenters. The number of hydrogen-bond donors (Lipinski definition) is 0. The molecule has 8 heteroatoms. The minimum atomic E-state index is -0.378. The van der Waals surface area contributed by atoms with Crippen LogP contribution in [-0.2, 0) is 0 Å². The molecule has 0 N–H and O–H groups in total. The van der Waals surface area contributed by atoms with Gasteiger partial charge >= 0.3 is 5.91 Å². The van der Waals surface area contributed by atoms with Gasteiger partial charge in [-0.15, -0.1) is 0 Å². The van der Waals surface area contributed by atoms with Gasteiger partial charge in [0.05, 0.1) is 39.3 Å². The van der Waals surface area contributed by atoms with Gasteiger partial charge in [-0.25, -0.2) is 5.01 Å². The molecule has 0 spiro atoms. The van der Waals surface area contributed by atoms with E-state index in [4.69, 9.17) is 18.6 Å². The summed E-state index contributed by atoms with van der Waals surface area (Å²) in [6.45, 7) is 0. The molecule has 1 amide bonds. The van der Waals surface area contributed by atoms with Crippen LogP contribution in [0.1, 0.15) is 34.1 Å². The highest BCUT2D eigenvalue weighted by Gasteiger charge is 2.37. The summed E-state index contributed by atoms with van der Waals surface area (Å²) in [7, 11) is 4.68. The molecule has 1 unspecified atom stereocenters. The van der Waals surface area contributed by atoms with Crippen molar-refractivity contribution < 1.29 is 23.4 Å². The van der Waals surface area contributed by atoms with Gasteiger partial charge in [-0.3, -0.25) is 4.79 Å². The molecule has 3 heterocycles. The van der Waals surface area contributed by atoms with Crippen molar-refractivity contribution in [3.63, 3.8) is 0 Å². The average Bonchev–Trinajstić information content (AvgIpc) is 3.52. The number of furan rings is 1. The van der Waals surface area contributed by atoms with Gasteiger partial charge in [0.1, 0.15) is 0 Å². The van der Waals surface area contributed by atoms with Gasteiger partial charge in [0.25, 0.3) is 0 Å². The van der Waals surface area contributed by atoms with E-state index >= 15 is 0 Å². The Morgan fingerprint density at radius 2 is 1.97 bits per heavy atom. The molecule has 29 heavy (non-hydrogen) atoms. The van der Waals surface area contributed by atoms with Gasteiger partial charge in [-0.2, -0.15) is 16.4 Å². The Morgan fingerprint density at radius 3 is 2.59 bits per heavy atom. The third-order valence-corrected chi connectivity index (χ3v) is 5.48. The summed E-state index contributed by atoms with van der Waals surface area (Å²) in [5, 5.41) is 10.1. The Labute approximate surface area is 172 Å². The van der Waals surface area contributed by atoms with Gasteiger partial charge in [0, 0.05) is 17.5 Å². The van der Waals surface area contributed by atoms with Gasteiger partial charge < -0.3 is 18.6 Å². The highest BCUT2D eigenvalue weighted by Crippen LogP contribution is 2.46. The number of hydrazone groups is 1. The minimum Gasteiger partial charge on any atom is -0.493 e. The summed E-state index contributed by atoms with van der Waals surface area (Å²) in [6.07, 6.45) is 2.01. The molecule has 0 saturated heterocycles. The van der Waals surface area contributed by atoms with Crippen molar-refractivity contribution in [2.24, 2.45) is 5.10 Å². The van der Waals surface area contributed by atoms with Crippen LogP contribution in [0.2, 0.25) is 0 Å². The van der Waals surface area contributed by atoms with Crippen molar-refractivity contribution >= 4 is 23.0 Å². The number of methoxy groups -OCH3 is 3. The zero-order valence-corrected chi connectivity index (χ0v) is 17.1. The highest BCUT2D eigenvalue weighted by atomic mass is 32.1. The summed E-state index contributed by atoms with van der Waals surface area (Å²) in [5.74, 6) is 1.44. The van der Waals surface area contributed by atoms with Crippen LogP contribution in [0.3, 0.4) is 0 Å². The van der Waals surface area contributed by atoms with Crippen LogP contribution in [0.25, 0.3) is 0 Å². The molecule has 0 aliphatic carbocycles. The minimum absolute atomic E-state index is 0.227. The third kappa shape index (κ3) is 3.36. The second-order valence-electron chi connectivity index (χ2n) is 6.33. The fraction of sp³-hybridized carbons (Fsp3) is 0.238. The van der Waals surface area contributed by atoms with E-state index < -0.39 is 0 Å². The summed E-state index contributed by atoms with van der Waals surface area (Å²) >= 11 is 1.59. The zero-order valence-electron chi connectivity index (χ0n) is 16.2. The molecule has 1 aliphatic rings. The predicted octanol–water partition coefficient (Wildman–Crippen LogP) is 4.36. The summed E-state index contributed by atoms with van der Waals surface area (Å²) < 4.78 is 21.9. The van der Waals surface area contributed by atoms with Crippen LogP contribution in [0.15, 0.2) is 56.9 Å². The van der Waals surface area contributed by atoms with Crippen LogP contribution in [0.4, 0.5) is 0 Å². The normalized spacial score (nSPS) is 15.9. The third-order valence-electron chi connectivity index (χ3n) is 4.80. The number of benzene rings is 1. The smallest absolute Gasteiger partial charge is 0.310 e. The highest BCUT2D eigenvalue weighted by molar-refractivity contribution is 7.08. The molecule has 7 nitrogen and oxygen atoms in total. The summed E-state index contributed by atoms with van der Waals surface area (Å²) in [6, 6.07) is 8.60. The van der Waals surface area contributed by atoms with Gasteiger partial charge in [-0.05, 0) is 41.1 Å². The molecule has 4 rings (SSSR count). The zero-order chi connectivity index (χ0) is 20.4. The Morgan fingerprint density at radius 1 is 1.14 bits per heavy atom. The molecular weight excluding hydrogens is 392 g/mol. The molecule has 0 radical (unpaired) electrons. The SMILES string of the molecule is COc1ccc(C2CC(c3ccsc3)=NN2C(=O)c2ccco2)c(OC)c1OC. The molecule has 2 aromatic heterocycles. The number of thiophene rings is 1. The van der Waals surface area contributed by atoms with Crippen LogP contribution < -0.4 is 14.2 Å². The largest absolute Gasteiger partial charge is 0.493 e. The number of hydrogen-bond acceptors (Lipinski definition) is 7. The first-order valence-corrected chi connectivity index (χ1v) is 9.88. The topological polar surface area (TPSA) is 73.5 Å². The maximum absolute atomic E-state index is 13.1. The van der Waals surface area contributed by atoms with E-state index in [1.165, 1.54) is 11.3 Å². The van der Waals surface area contributed by atoms with Gasteiger partial charge in [0.15, 0.2) is 17.3 Å². The molecule has 3 aromatic rings. The lowest BCUT2D eigenvalue weighted by molar-refractivity contribution is 0.0676. The summed E-state index contributed by atoms with van der Waals surface area (Å²) in [4.78, 5) is 13.1. The maximum Gasteiger partial charge on any atom is 0.310 e. The lowest BCUT2D eigenvalue weighted by Crippen LogP contribution is -2.27.